The molecule has 0 radical (unpaired) electrons. The minimum atomic E-state index is -4.50. The number of hydrogen-bond donors (Lipinski definition) is 1. The van der Waals surface area contributed by atoms with E-state index in [4.69, 9.17) is 4.74 Å². The molecule has 0 fully saturated rings. The van der Waals surface area contributed by atoms with Crippen LogP contribution in [-0.2, 0) is 26.9 Å². The summed E-state index contributed by atoms with van der Waals surface area (Å²) in [5.41, 5.74) is -1.40. The summed E-state index contributed by atoms with van der Waals surface area (Å²) in [6.45, 7) is 4.94. The number of alkyl halides is 3. The van der Waals surface area contributed by atoms with Crippen molar-refractivity contribution < 1.29 is 32.6 Å². The standard InChI is InChI=1S/C16H19F3O4/c1-15(2,3)23-13(20)9-11(14(21)22)7-10-5-4-6-12(8-10)16(17,18)19/h4-6,8,11H,7,9H2,1-3H3,(H,21,22)/t11-/m1/s1. The van der Waals surface area contributed by atoms with Crippen molar-refractivity contribution in [3.05, 3.63) is 35.4 Å². The highest BCUT2D eigenvalue weighted by molar-refractivity contribution is 5.79. The first-order valence-corrected chi connectivity index (χ1v) is 6.99. The smallest absolute Gasteiger partial charge is 0.416 e. The van der Waals surface area contributed by atoms with Gasteiger partial charge in [-0.25, -0.2) is 0 Å². The molecule has 4 nitrogen and oxygen atoms in total. The van der Waals surface area contributed by atoms with Crippen LogP contribution in [0.3, 0.4) is 0 Å². The normalized spacial score (nSPS) is 13.5. The van der Waals surface area contributed by atoms with Gasteiger partial charge >= 0.3 is 18.1 Å². The maximum Gasteiger partial charge on any atom is 0.416 e. The van der Waals surface area contributed by atoms with E-state index >= 15 is 0 Å². The zero-order valence-electron chi connectivity index (χ0n) is 13.1. The van der Waals surface area contributed by atoms with E-state index in [1.54, 1.807) is 20.8 Å². The molecule has 0 heterocycles. The second-order valence-corrected chi connectivity index (χ2v) is 6.23. The van der Waals surface area contributed by atoms with E-state index in [0.29, 0.717) is 0 Å². The van der Waals surface area contributed by atoms with Gasteiger partial charge in [-0.1, -0.05) is 18.2 Å². The molecule has 1 N–H and O–H groups in total. The zero-order chi connectivity index (χ0) is 17.8. The Morgan fingerprint density at radius 3 is 2.30 bits per heavy atom. The molecule has 23 heavy (non-hydrogen) atoms. The Morgan fingerprint density at radius 2 is 1.83 bits per heavy atom. The van der Waals surface area contributed by atoms with E-state index in [1.807, 2.05) is 0 Å². The molecule has 0 unspecified atom stereocenters. The first-order valence-electron chi connectivity index (χ1n) is 6.99. The third-order valence-corrected chi connectivity index (χ3v) is 2.92. The van der Waals surface area contributed by atoms with Crippen LogP contribution in [0.25, 0.3) is 0 Å². The van der Waals surface area contributed by atoms with Crippen molar-refractivity contribution in [2.24, 2.45) is 5.92 Å². The van der Waals surface area contributed by atoms with Gasteiger partial charge in [-0.15, -0.1) is 0 Å². The molecule has 7 heteroatoms. The quantitative estimate of drug-likeness (QED) is 0.836. The Hall–Kier alpha value is -2.05. The molecular formula is C16H19F3O4. The monoisotopic (exact) mass is 332 g/mol. The predicted octanol–water partition coefficient (Wildman–Crippen LogP) is 3.68. The number of carbonyl (C=O) groups excluding carboxylic acids is 1. The number of hydrogen-bond acceptors (Lipinski definition) is 3. The van der Waals surface area contributed by atoms with Gasteiger partial charge in [-0.2, -0.15) is 13.2 Å². The highest BCUT2D eigenvalue weighted by atomic mass is 19.4. The number of rotatable bonds is 5. The van der Waals surface area contributed by atoms with Crippen LogP contribution in [0.15, 0.2) is 24.3 Å². The molecular weight excluding hydrogens is 313 g/mol. The summed E-state index contributed by atoms with van der Waals surface area (Å²) in [5.74, 6) is -3.10. The number of carboxylic acids is 1. The number of ether oxygens (including phenoxy) is 1. The summed E-state index contributed by atoms with van der Waals surface area (Å²) < 4.78 is 43.1. The number of benzene rings is 1. The first-order chi connectivity index (χ1) is 10.4. The second-order valence-electron chi connectivity index (χ2n) is 6.23. The lowest BCUT2D eigenvalue weighted by atomic mass is 9.95. The summed E-state index contributed by atoms with van der Waals surface area (Å²) in [7, 11) is 0. The SMILES string of the molecule is CC(C)(C)OC(=O)C[C@@H](Cc1cccc(C(F)(F)F)c1)C(=O)O. The third-order valence-electron chi connectivity index (χ3n) is 2.92. The molecule has 1 aromatic carbocycles. The van der Waals surface area contributed by atoms with Crippen LogP contribution in [0.1, 0.15) is 38.3 Å². The Labute approximate surface area is 132 Å². The van der Waals surface area contributed by atoms with E-state index in [0.717, 1.165) is 12.1 Å². The summed E-state index contributed by atoms with van der Waals surface area (Å²) in [5, 5.41) is 9.18. The Kier molecular flexibility index (Phi) is 5.80. The molecule has 0 saturated carbocycles. The largest absolute Gasteiger partial charge is 0.481 e. The average molecular weight is 332 g/mol. The first kappa shape index (κ1) is 19.0. The van der Waals surface area contributed by atoms with Crippen LogP contribution in [0, 0.1) is 5.92 Å². The maximum absolute atomic E-state index is 12.7. The van der Waals surface area contributed by atoms with Crippen LogP contribution < -0.4 is 0 Å². The highest BCUT2D eigenvalue weighted by Crippen LogP contribution is 2.30. The lowest BCUT2D eigenvalue weighted by Gasteiger charge is -2.21. The fraction of sp³-hybridized carbons (Fsp3) is 0.500. The molecule has 1 aromatic rings. The van der Waals surface area contributed by atoms with Crippen LogP contribution in [-0.4, -0.2) is 22.6 Å². The van der Waals surface area contributed by atoms with Gasteiger partial charge in [0.15, 0.2) is 0 Å². The van der Waals surface area contributed by atoms with Crippen molar-refractivity contribution in [2.45, 2.75) is 45.4 Å². The molecule has 1 rings (SSSR count). The summed E-state index contributed by atoms with van der Waals surface area (Å²) in [6.07, 6.45) is -5.08. The summed E-state index contributed by atoms with van der Waals surface area (Å²) in [6, 6.07) is 4.42. The zero-order valence-corrected chi connectivity index (χ0v) is 13.1. The molecule has 0 amide bonds. The molecule has 128 valence electrons. The fourth-order valence-corrected chi connectivity index (χ4v) is 1.99. The van der Waals surface area contributed by atoms with Crippen molar-refractivity contribution in [3.8, 4) is 0 Å². The second kappa shape index (κ2) is 7.02. The molecule has 0 aliphatic rings. The minimum absolute atomic E-state index is 0.182. The highest BCUT2D eigenvalue weighted by Gasteiger charge is 2.31. The van der Waals surface area contributed by atoms with Gasteiger partial charge in [0.25, 0.3) is 0 Å². The van der Waals surface area contributed by atoms with Crippen LogP contribution in [0.5, 0.6) is 0 Å². The number of halogens is 3. The van der Waals surface area contributed by atoms with Crippen LogP contribution in [0.4, 0.5) is 13.2 Å². The van der Waals surface area contributed by atoms with E-state index in [2.05, 4.69) is 0 Å². The van der Waals surface area contributed by atoms with E-state index in [1.165, 1.54) is 12.1 Å². The fourth-order valence-electron chi connectivity index (χ4n) is 1.99. The topological polar surface area (TPSA) is 63.6 Å². The maximum atomic E-state index is 12.7. The van der Waals surface area contributed by atoms with Crippen molar-refractivity contribution in [3.63, 3.8) is 0 Å². The van der Waals surface area contributed by atoms with Gasteiger partial charge in [0.2, 0.25) is 0 Å². The predicted molar refractivity (Wildman–Crippen MR) is 76.7 cm³/mol. The van der Waals surface area contributed by atoms with E-state index in [-0.39, 0.29) is 12.0 Å². The summed E-state index contributed by atoms with van der Waals surface area (Å²) >= 11 is 0. The molecule has 0 aliphatic carbocycles. The number of esters is 1. The van der Waals surface area contributed by atoms with Crippen LogP contribution in [0.2, 0.25) is 0 Å². The molecule has 0 aromatic heterocycles. The van der Waals surface area contributed by atoms with Gasteiger partial charge in [0.05, 0.1) is 17.9 Å². The number of aliphatic carboxylic acids is 1. The van der Waals surface area contributed by atoms with Gasteiger partial charge < -0.3 is 9.84 Å². The third kappa shape index (κ3) is 6.71. The van der Waals surface area contributed by atoms with Gasteiger partial charge in [-0.05, 0) is 38.8 Å². The minimum Gasteiger partial charge on any atom is -0.481 e. The van der Waals surface area contributed by atoms with Crippen molar-refractivity contribution >= 4 is 11.9 Å². The van der Waals surface area contributed by atoms with E-state index in [9.17, 15) is 27.9 Å². The lowest BCUT2D eigenvalue weighted by molar-refractivity contribution is -0.159. The van der Waals surface area contributed by atoms with Crippen molar-refractivity contribution in [1.82, 2.24) is 0 Å². The molecule has 0 aliphatic heterocycles. The Bertz CT molecular complexity index is 573. The van der Waals surface area contributed by atoms with Crippen molar-refractivity contribution in [1.29, 1.82) is 0 Å². The molecule has 0 bridgehead atoms. The van der Waals surface area contributed by atoms with Gasteiger partial charge in [0.1, 0.15) is 5.60 Å². The van der Waals surface area contributed by atoms with Crippen LogP contribution >= 0.6 is 0 Å². The molecule has 0 spiro atoms. The van der Waals surface area contributed by atoms with Gasteiger partial charge in [-0.3, -0.25) is 9.59 Å². The molecule has 1 atom stereocenters. The molecule has 0 saturated heterocycles. The Morgan fingerprint density at radius 1 is 1.22 bits per heavy atom. The average Bonchev–Trinajstić information content (AvgIpc) is 2.35. The number of carbonyl (C=O) groups is 2. The lowest BCUT2D eigenvalue weighted by Crippen LogP contribution is -2.28. The van der Waals surface area contributed by atoms with E-state index < -0.39 is 41.6 Å². The summed E-state index contributed by atoms with van der Waals surface area (Å²) in [4.78, 5) is 23.0. The number of carboxylic acid groups (broad SMARTS) is 1. The van der Waals surface area contributed by atoms with Crippen molar-refractivity contribution in [2.75, 3.05) is 0 Å². The Balaban J connectivity index is 2.85. The van der Waals surface area contributed by atoms with Gasteiger partial charge in [0, 0.05) is 0 Å².